The first-order valence-corrected chi connectivity index (χ1v) is 6.94. The Hall–Kier alpha value is -1.73. The Kier molecular flexibility index (Phi) is 5.46. The van der Waals surface area contributed by atoms with Crippen molar-refractivity contribution in [1.82, 2.24) is 9.80 Å². The molecule has 0 radical (unpaired) electrons. The van der Waals surface area contributed by atoms with Crippen LogP contribution in [0.15, 0.2) is 18.2 Å². The van der Waals surface area contributed by atoms with Gasteiger partial charge in [-0.25, -0.2) is 13.6 Å². The molecule has 0 aliphatic carbocycles. The van der Waals surface area contributed by atoms with Gasteiger partial charge in [-0.15, -0.1) is 0 Å². The summed E-state index contributed by atoms with van der Waals surface area (Å²) in [6.45, 7) is 3.52. The van der Waals surface area contributed by atoms with Crippen LogP contribution in [0.2, 0.25) is 0 Å². The molecule has 1 aromatic rings. The second-order valence-electron chi connectivity index (χ2n) is 4.99. The molecule has 1 heterocycles. The molecule has 0 spiro atoms. The zero-order valence-electron chi connectivity index (χ0n) is 11.7. The Labute approximate surface area is 122 Å². The van der Waals surface area contributed by atoms with Crippen molar-refractivity contribution in [2.45, 2.75) is 6.42 Å². The molecule has 1 aliphatic heterocycles. The van der Waals surface area contributed by atoms with Gasteiger partial charge in [-0.05, 0) is 18.6 Å². The summed E-state index contributed by atoms with van der Waals surface area (Å²) in [5.74, 6) is -1.45. The van der Waals surface area contributed by atoms with E-state index in [1.807, 2.05) is 0 Å². The van der Waals surface area contributed by atoms with Crippen molar-refractivity contribution in [3.8, 4) is 0 Å². The van der Waals surface area contributed by atoms with Gasteiger partial charge < -0.3 is 15.3 Å². The Bertz CT molecular complexity index is 471. The van der Waals surface area contributed by atoms with E-state index in [0.717, 1.165) is 44.3 Å². The van der Waals surface area contributed by atoms with Gasteiger partial charge in [0.25, 0.3) is 0 Å². The van der Waals surface area contributed by atoms with Crippen molar-refractivity contribution in [2.24, 2.45) is 0 Å². The number of hydrogen-bond donors (Lipinski definition) is 2. The third-order valence-corrected chi connectivity index (χ3v) is 3.41. The van der Waals surface area contributed by atoms with E-state index in [1.54, 1.807) is 4.90 Å². The second kappa shape index (κ2) is 7.33. The summed E-state index contributed by atoms with van der Waals surface area (Å²) in [7, 11) is 0. The van der Waals surface area contributed by atoms with Crippen LogP contribution in [0.1, 0.15) is 6.42 Å². The van der Waals surface area contributed by atoms with Gasteiger partial charge in [-0.3, -0.25) is 4.90 Å². The van der Waals surface area contributed by atoms with E-state index in [2.05, 4.69) is 10.2 Å². The lowest BCUT2D eigenvalue weighted by atomic mass is 10.3. The number of aliphatic hydroxyl groups is 1. The quantitative estimate of drug-likeness (QED) is 0.886. The molecule has 0 atom stereocenters. The molecule has 0 saturated carbocycles. The predicted molar refractivity (Wildman–Crippen MR) is 75.1 cm³/mol. The Morgan fingerprint density at radius 1 is 1.14 bits per heavy atom. The standard InChI is InChI=1S/C14H19F2N3O2/c15-11-8-12(16)10-13(9-11)17-14(21)19-5-3-18(4-6-19)2-1-7-20/h8-10,20H,1-7H2,(H,17,21). The van der Waals surface area contributed by atoms with Crippen LogP contribution in [-0.2, 0) is 0 Å². The molecule has 5 nitrogen and oxygen atoms in total. The topological polar surface area (TPSA) is 55.8 Å². The molecule has 0 unspecified atom stereocenters. The number of urea groups is 1. The number of nitrogens with zero attached hydrogens (tertiary/aromatic N) is 2. The number of halogens is 2. The Balaban J connectivity index is 1.84. The summed E-state index contributed by atoms with van der Waals surface area (Å²) in [4.78, 5) is 15.8. The summed E-state index contributed by atoms with van der Waals surface area (Å²) >= 11 is 0. The van der Waals surface area contributed by atoms with Crippen LogP contribution in [0, 0.1) is 11.6 Å². The highest BCUT2D eigenvalue weighted by Crippen LogP contribution is 2.14. The fraction of sp³-hybridized carbons (Fsp3) is 0.500. The van der Waals surface area contributed by atoms with Gasteiger partial charge in [-0.1, -0.05) is 0 Å². The lowest BCUT2D eigenvalue weighted by molar-refractivity contribution is 0.139. The fourth-order valence-corrected chi connectivity index (χ4v) is 2.30. The highest BCUT2D eigenvalue weighted by Gasteiger charge is 2.20. The molecule has 1 aromatic carbocycles. The van der Waals surface area contributed by atoms with Gasteiger partial charge in [0.2, 0.25) is 0 Å². The molecule has 1 fully saturated rings. The third kappa shape index (κ3) is 4.64. The molecule has 2 amide bonds. The number of benzene rings is 1. The molecule has 2 rings (SSSR count). The number of aliphatic hydroxyl groups excluding tert-OH is 1. The SMILES string of the molecule is O=C(Nc1cc(F)cc(F)c1)N1CCN(CCCO)CC1. The number of anilines is 1. The van der Waals surface area contributed by atoms with E-state index in [1.165, 1.54) is 0 Å². The van der Waals surface area contributed by atoms with Crippen LogP contribution in [0.5, 0.6) is 0 Å². The maximum atomic E-state index is 13.1. The maximum Gasteiger partial charge on any atom is 0.321 e. The van der Waals surface area contributed by atoms with Crippen LogP contribution < -0.4 is 5.32 Å². The molecular weight excluding hydrogens is 280 g/mol. The van der Waals surface area contributed by atoms with Gasteiger partial charge in [0.1, 0.15) is 11.6 Å². The third-order valence-electron chi connectivity index (χ3n) is 3.41. The minimum Gasteiger partial charge on any atom is -0.396 e. The van der Waals surface area contributed by atoms with Crippen molar-refractivity contribution >= 4 is 11.7 Å². The zero-order chi connectivity index (χ0) is 15.2. The number of carbonyl (C=O) groups excluding carboxylic acids is 1. The van der Waals surface area contributed by atoms with Gasteiger partial charge in [0, 0.05) is 51.1 Å². The molecule has 0 aromatic heterocycles. The number of hydrogen-bond acceptors (Lipinski definition) is 3. The molecule has 2 N–H and O–H groups in total. The molecule has 116 valence electrons. The van der Waals surface area contributed by atoms with Crippen LogP contribution in [0.3, 0.4) is 0 Å². The first kappa shape index (κ1) is 15.7. The first-order chi connectivity index (χ1) is 10.1. The predicted octanol–water partition coefficient (Wildman–Crippen LogP) is 1.50. The molecule has 1 aliphatic rings. The van der Waals surface area contributed by atoms with E-state index in [-0.39, 0.29) is 18.3 Å². The minimum absolute atomic E-state index is 0.111. The highest BCUT2D eigenvalue weighted by atomic mass is 19.1. The van der Waals surface area contributed by atoms with E-state index in [4.69, 9.17) is 5.11 Å². The van der Waals surface area contributed by atoms with E-state index >= 15 is 0 Å². The van der Waals surface area contributed by atoms with Crippen LogP contribution in [0.25, 0.3) is 0 Å². The molecule has 1 saturated heterocycles. The van der Waals surface area contributed by atoms with Gasteiger partial charge in [0.05, 0.1) is 0 Å². The van der Waals surface area contributed by atoms with Gasteiger partial charge >= 0.3 is 6.03 Å². The maximum absolute atomic E-state index is 13.1. The average Bonchev–Trinajstić information content (AvgIpc) is 2.44. The van der Waals surface area contributed by atoms with Gasteiger partial charge in [-0.2, -0.15) is 0 Å². The summed E-state index contributed by atoms with van der Waals surface area (Å²) in [6, 6.07) is 2.56. The molecule has 7 heteroatoms. The Morgan fingerprint density at radius 3 is 2.33 bits per heavy atom. The van der Waals surface area contributed by atoms with Crippen molar-refractivity contribution in [3.05, 3.63) is 29.8 Å². The number of piperazine rings is 1. The van der Waals surface area contributed by atoms with Crippen molar-refractivity contribution in [3.63, 3.8) is 0 Å². The normalized spacial score (nSPS) is 16.0. The minimum atomic E-state index is -0.723. The van der Waals surface area contributed by atoms with Crippen LogP contribution in [0.4, 0.5) is 19.3 Å². The summed E-state index contributed by atoms with van der Waals surface area (Å²) in [5.41, 5.74) is 0.111. The number of carbonyl (C=O) groups is 1. The number of amides is 2. The molecule has 0 bridgehead atoms. The van der Waals surface area contributed by atoms with Gasteiger partial charge in [0.15, 0.2) is 0 Å². The average molecular weight is 299 g/mol. The highest BCUT2D eigenvalue weighted by molar-refractivity contribution is 5.89. The van der Waals surface area contributed by atoms with Crippen molar-refractivity contribution in [2.75, 3.05) is 44.6 Å². The van der Waals surface area contributed by atoms with Crippen molar-refractivity contribution in [1.29, 1.82) is 0 Å². The monoisotopic (exact) mass is 299 g/mol. The summed E-state index contributed by atoms with van der Waals surface area (Å²) < 4.78 is 26.1. The van der Waals surface area contributed by atoms with Crippen molar-refractivity contribution < 1.29 is 18.7 Å². The number of nitrogens with one attached hydrogen (secondary N) is 1. The Morgan fingerprint density at radius 2 is 1.76 bits per heavy atom. The van der Waals surface area contributed by atoms with E-state index < -0.39 is 11.6 Å². The first-order valence-electron chi connectivity index (χ1n) is 6.94. The fourth-order valence-electron chi connectivity index (χ4n) is 2.30. The van der Waals surface area contributed by atoms with E-state index in [0.29, 0.717) is 13.1 Å². The second-order valence-corrected chi connectivity index (χ2v) is 4.99. The lowest BCUT2D eigenvalue weighted by Crippen LogP contribution is -2.50. The smallest absolute Gasteiger partial charge is 0.321 e. The van der Waals surface area contributed by atoms with Crippen LogP contribution >= 0.6 is 0 Å². The summed E-state index contributed by atoms with van der Waals surface area (Å²) in [5, 5.41) is 11.3. The van der Waals surface area contributed by atoms with Crippen LogP contribution in [-0.4, -0.2) is 60.3 Å². The summed E-state index contributed by atoms with van der Waals surface area (Å²) in [6.07, 6.45) is 0.717. The zero-order valence-corrected chi connectivity index (χ0v) is 11.7. The van der Waals surface area contributed by atoms with E-state index in [9.17, 15) is 13.6 Å². The number of rotatable bonds is 4. The molecule has 21 heavy (non-hydrogen) atoms. The largest absolute Gasteiger partial charge is 0.396 e. The lowest BCUT2D eigenvalue weighted by Gasteiger charge is -2.34. The molecular formula is C14H19F2N3O2.